The molecular formula is C21H26N2O2S. The molecule has 1 N–H and O–H groups in total. The number of carbonyl (C=O) groups excluding carboxylic acids is 1. The lowest BCUT2D eigenvalue weighted by molar-refractivity contribution is 0.0644. The van der Waals surface area contributed by atoms with Gasteiger partial charge in [-0.1, -0.05) is 36.4 Å². The van der Waals surface area contributed by atoms with E-state index in [4.69, 9.17) is 0 Å². The van der Waals surface area contributed by atoms with Crippen LogP contribution < -0.4 is 0 Å². The lowest BCUT2D eigenvalue weighted by Crippen LogP contribution is -2.49. The van der Waals surface area contributed by atoms with Crippen molar-refractivity contribution in [2.45, 2.75) is 6.61 Å². The molecule has 3 rings (SSSR count). The molecule has 1 amide bonds. The fraction of sp³-hybridized carbons (Fsp3) is 0.381. The van der Waals surface area contributed by atoms with Crippen LogP contribution in [0.25, 0.3) is 11.1 Å². The summed E-state index contributed by atoms with van der Waals surface area (Å²) in [6, 6.07) is 15.5. The van der Waals surface area contributed by atoms with Gasteiger partial charge in [0.15, 0.2) is 0 Å². The highest BCUT2D eigenvalue weighted by atomic mass is 32.2. The fourth-order valence-corrected chi connectivity index (χ4v) is 3.78. The zero-order valence-corrected chi connectivity index (χ0v) is 16.0. The number of rotatable bonds is 6. The van der Waals surface area contributed by atoms with Crippen LogP contribution in [0.5, 0.6) is 0 Å². The van der Waals surface area contributed by atoms with Crippen LogP contribution in [0.2, 0.25) is 0 Å². The average molecular weight is 371 g/mol. The summed E-state index contributed by atoms with van der Waals surface area (Å²) < 4.78 is 0. The Morgan fingerprint density at radius 2 is 1.85 bits per heavy atom. The fourth-order valence-electron chi connectivity index (χ4n) is 3.34. The number of aliphatic hydroxyl groups is 1. The molecule has 0 atom stereocenters. The molecule has 0 saturated carbocycles. The molecule has 2 aromatic carbocycles. The van der Waals surface area contributed by atoms with Crippen molar-refractivity contribution in [1.82, 2.24) is 9.80 Å². The van der Waals surface area contributed by atoms with Crippen LogP contribution in [0, 0.1) is 0 Å². The van der Waals surface area contributed by atoms with Gasteiger partial charge >= 0.3 is 0 Å². The first-order valence-corrected chi connectivity index (χ1v) is 10.4. The zero-order chi connectivity index (χ0) is 18.4. The molecule has 1 aliphatic rings. The molecule has 0 aliphatic carbocycles. The number of thioether (sulfide) groups is 1. The molecule has 1 saturated heterocycles. The third-order valence-corrected chi connectivity index (χ3v) is 5.47. The van der Waals surface area contributed by atoms with Crippen molar-refractivity contribution in [2.24, 2.45) is 0 Å². The number of aliphatic hydroxyl groups excluding tert-OH is 1. The van der Waals surface area contributed by atoms with Gasteiger partial charge in [0.2, 0.25) is 0 Å². The van der Waals surface area contributed by atoms with Gasteiger partial charge in [0, 0.05) is 44.0 Å². The van der Waals surface area contributed by atoms with Crippen molar-refractivity contribution < 1.29 is 9.90 Å². The Morgan fingerprint density at radius 3 is 2.58 bits per heavy atom. The van der Waals surface area contributed by atoms with Gasteiger partial charge < -0.3 is 10.0 Å². The number of benzene rings is 2. The van der Waals surface area contributed by atoms with Gasteiger partial charge in [-0.25, -0.2) is 0 Å². The molecule has 0 unspecified atom stereocenters. The van der Waals surface area contributed by atoms with E-state index in [1.807, 2.05) is 65.2 Å². The largest absolute Gasteiger partial charge is 0.392 e. The van der Waals surface area contributed by atoms with Gasteiger partial charge in [-0.3, -0.25) is 9.69 Å². The van der Waals surface area contributed by atoms with Gasteiger partial charge in [0.25, 0.3) is 5.91 Å². The summed E-state index contributed by atoms with van der Waals surface area (Å²) in [5, 5.41) is 9.57. The second-order valence-electron chi connectivity index (χ2n) is 6.52. The Balaban J connectivity index is 1.71. The smallest absolute Gasteiger partial charge is 0.253 e. The molecule has 138 valence electrons. The molecule has 0 spiro atoms. The summed E-state index contributed by atoms with van der Waals surface area (Å²) in [5.74, 6) is 1.23. The van der Waals surface area contributed by atoms with Crippen molar-refractivity contribution in [2.75, 3.05) is 44.7 Å². The predicted octanol–water partition coefficient (Wildman–Crippen LogP) is 2.97. The maximum Gasteiger partial charge on any atom is 0.253 e. The minimum absolute atomic E-state index is 0.00759. The standard InChI is InChI=1S/C21H26N2O2S/c1-26-14-13-22-9-11-23(12-10-22)21(25)18-7-4-6-17(15-18)20-8-3-2-5-19(20)16-24/h2-8,15,24H,9-14,16H2,1H3. The van der Waals surface area contributed by atoms with Crippen molar-refractivity contribution in [3.05, 3.63) is 59.7 Å². The summed E-state index contributed by atoms with van der Waals surface area (Å²) in [6.07, 6.45) is 2.13. The highest BCUT2D eigenvalue weighted by molar-refractivity contribution is 7.98. The van der Waals surface area contributed by atoms with E-state index in [2.05, 4.69) is 11.2 Å². The topological polar surface area (TPSA) is 43.8 Å². The number of carbonyl (C=O) groups is 1. The first-order chi connectivity index (χ1) is 12.7. The van der Waals surface area contributed by atoms with E-state index in [0.29, 0.717) is 5.56 Å². The number of nitrogens with zero attached hydrogens (tertiary/aromatic N) is 2. The van der Waals surface area contributed by atoms with E-state index in [1.165, 1.54) is 0 Å². The summed E-state index contributed by atoms with van der Waals surface area (Å²) >= 11 is 1.86. The molecule has 2 aromatic rings. The molecule has 1 fully saturated rings. The lowest BCUT2D eigenvalue weighted by Gasteiger charge is -2.34. The van der Waals surface area contributed by atoms with Gasteiger partial charge in [0.05, 0.1) is 6.61 Å². The molecule has 0 aromatic heterocycles. The third kappa shape index (κ3) is 4.47. The average Bonchev–Trinajstić information content (AvgIpc) is 2.72. The Morgan fingerprint density at radius 1 is 1.08 bits per heavy atom. The molecule has 1 heterocycles. The normalized spacial score (nSPS) is 15.2. The van der Waals surface area contributed by atoms with E-state index in [9.17, 15) is 9.90 Å². The first-order valence-electron chi connectivity index (χ1n) is 9.02. The molecule has 1 aliphatic heterocycles. The highest BCUT2D eigenvalue weighted by Gasteiger charge is 2.22. The Bertz CT molecular complexity index is 742. The Labute approximate surface area is 159 Å². The van der Waals surface area contributed by atoms with Gasteiger partial charge in [-0.2, -0.15) is 11.8 Å². The molecule has 0 radical (unpaired) electrons. The van der Waals surface area contributed by atoms with Gasteiger partial charge in [0.1, 0.15) is 0 Å². The van der Waals surface area contributed by atoms with Crippen LogP contribution in [0.15, 0.2) is 48.5 Å². The molecule has 5 heteroatoms. The van der Waals surface area contributed by atoms with E-state index >= 15 is 0 Å². The lowest BCUT2D eigenvalue weighted by atomic mass is 9.98. The van der Waals surface area contributed by atoms with Crippen LogP contribution in [0.1, 0.15) is 15.9 Å². The van der Waals surface area contributed by atoms with E-state index in [-0.39, 0.29) is 12.5 Å². The van der Waals surface area contributed by atoms with E-state index in [0.717, 1.165) is 55.2 Å². The summed E-state index contributed by atoms with van der Waals surface area (Å²) in [6.45, 7) is 4.54. The first kappa shape index (κ1) is 19.0. The van der Waals surface area contributed by atoms with Crippen LogP contribution in [0.4, 0.5) is 0 Å². The van der Waals surface area contributed by atoms with E-state index < -0.39 is 0 Å². The zero-order valence-electron chi connectivity index (χ0n) is 15.2. The maximum atomic E-state index is 12.9. The van der Waals surface area contributed by atoms with Gasteiger partial charge in [-0.15, -0.1) is 0 Å². The minimum Gasteiger partial charge on any atom is -0.392 e. The molecule has 4 nitrogen and oxygen atoms in total. The van der Waals surface area contributed by atoms with Gasteiger partial charge in [-0.05, 0) is 35.1 Å². The molecule has 26 heavy (non-hydrogen) atoms. The summed E-state index contributed by atoms with van der Waals surface area (Å²) in [5.41, 5.74) is 3.54. The predicted molar refractivity (Wildman–Crippen MR) is 109 cm³/mol. The monoisotopic (exact) mass is 370 g/mol. The number of piperazine rings is 1. The minimum atomic E-state index is -0.00759. The number of hydrogen-bond donors (Lipinski definition) is 1. The van der Waals surface area contributed by atoms with Crippen molar-refractivity contribution >= 4 is 17.7 Å². The van der Waals surface area contributed by atoms with Crippen LogP contribution in [-0.4, -0.2) is 65.5 Å². The highest BCUT2D eigenvalue weighted by Crippen LogP contribution is 2.25. The number of hydrogen-bond acceptors (Lipinski definition) is 4. The summed E-state index contributed by atoms with van der Waals surface area (Å²) in [7, 11) is 0. The third-order valence-electron chi connectivity index (χ3n) is 4.88. The second kappa shape index (κ2) is 9.21. The van der Waals surface area contributed by atoms with E-state index in [1.54, 1.807) is 0 Å². The van der Waals surface area contributed by atoms with Crippen LogP contribution in [0.3, 0.4) is 0 Å². The Kier molecular flexibility index (Phi) is 6.72. The second-order valence-corrected chi connectivity index (χ2v) is 7.51. The van der Waals surface area contributed by atoms with Crippen molar-refractivity contribution in [3.63, 3.8) is 0 Å². The quantitative estimate of drug-likeness (QED) is 0.849. The number of amides is 1. The molecular weight excluding hydrogens is 344 g/mol. The maximum absolute atomic E-state index is 12.9. The summed E-state index contributed by atoms with van der Waals surface area (Å²) in [4.78, 5) is 17.3. The Hall–Kier alpha value is -1.82. The van der Waals surface area contributed by atoms with Crippen LogP contribution >= 0.6 is 11.8 Å². The SMILES string of the molecule is CSCCN1CCN(C(=O)c2cccc(-c3ccccc3CO)c2)CC1. The van der Waals surface area contributed by atoms with Crippen molar-refractivity contribution in [3.8, 4) is 11.1 Å². The van der Waals surface area contributed by atoms with Crippen LogP contribution in [-0.2, 0) is 6.61 Å². The molecule has 0 bridgehead atoms. The van der Waals surface area contributed by atoms with Crippen molar-refractivity contribution in [1.29, 1.82) is 0 Å².